The van der Waals surface area contributed by atoms with Crippen LogP contribution in [0.2, 0.25) is 0 Å². The minimum Gasteiger partial charge on any atom is -0.477 e. The highest BCUT2D eigenvalue weighted by molar-refractivity contribution is 7.13. The fraction of sp³-hybridized carbons (Fsp3) is 0.667. The van der Waals surface area contributed by atoms with Crippen molar-refractivity contribution in [3.05, 3.63) is 21.9 Å². The number of thiophene rings is 1. The summed E-state index contributed by atoms with van der Waals surface area (Å²) in [7, 11) is 0. The topological polar surface area (TPSA) is 52.6 Å². The molecular weight excluding hydrogens is 272 g/mol. The van der Waals surface area contributed by atoms with E-state index >= 15 is 0 Å². The molecule has 1 unspecified atom stereocenters. The van der Waals surface area contributed by atoms with E-state index in [0.717, 1.165) is 37.5 Å². The normalized spacial score (nSPS) is 12.8. The number of aromatic carboxylic acids is 1. The van der Waals surface area contributed by atoms with Crippen LogP contribution >= 0.6 is 11.3 Å². The van der Waals surface area contributed by atoms with Crippen LogP contribution in [0, 0.1) is 0 Å². The maximum atomic E-state index is 10.8. The van der Waals surface area contributed by atoms with Crippen molar-refractivity contribution >= 4 is 17.3 Å². The molecule has 2 N–H and O–H groups in total. The summed E-state index contributed by atoms with van der Waals surface area (Å²) in [4.78, 5) is 14.7. The standard InChI is InChI=1S/C15H26N2O2S/c1-4-17(5-2)10-6-7-12(3)16-11-13-8-9-14(20-13)15(18)19/h8-9,12,16H,4-7,10-11H2,1-3H3,(H,18,19). The van der Waals surface area contributed by atoms with E-state index in [9.17, 15) is 4.79 Å². The quantitative estimate of drug-likeness (QED) is 0.697. The Kier molecular flexibility index (Phi) is 7.80. The lowest BCUT2D eigenvalue weighted by atomic mass is 10.1. The summed E-state index contributed by atoms with van der Waals surface area (Å²) in [6, 6.07) is 4.03. The summed E-state index contributed by atoms with van der Waals surface area (Å²) < 4.78 is 0. The van der Waals surface area contributed by atoms with Crippen LogP contribution in [0.1, 0.15) is 48.2 Å². The van der Waals surface area contributed by atoms with Gasteiger partial charge >= 0.3 is 5.97 Å². The number of hydrogen-bond donors (Lipinski definition) is 2. The van der Waals surface area contributed by atoms with E-state index in [1.807, 2.05) is 6.07 Å². The zero-order valence-corrected chi connectivity index (χ0v) is 13.5. The fourth-order valence-electron chi connectivity index (χ4n) is 2.13. The highest BCUT2D eigenvalue weighted by Crippen LogP contribution is 2.16. The summed E-state index contributed by atoms with van der Waals surface area (Å²) in [6.07, 6.45) is 2.34. The molecule has 0 aliphatic rings. The molecule has 0 aromatic carbocycles. The van der Waals surface area contributed by atoms with Crippen molar-refractivity contribution in [2.45, 2.75) is 46.2 Å². The predicted molar refractivity (Wildman–Crippen MR) is 84.6 cm³/mol. The summed E-state index contributed by atoms with van der Waals surface area (Å²) in [5.74, 6) is -0.839. The van der Waals surface area contributed by atoms with Crippen molar-refractivity contribution in [3.8, 4) is 0 Å². The van der Waals surface area contributed by atoms with Crippen LogP contribution in [-0.2, 0) is 6.54 Å². The van der Waals surface area contributed by atoms with Crippen LogP contribution in [0.5, 0.6) is 0 Å². The van der Waals surface area contributed by atoms with Crippen LogP contribution in [0.25, 0.3) is 0 Å². The summed E-state index contributed by atoms with van der Waals surface area (Å²) in [6.45, 7) is 10.7. The molecule has 1 rings (SSSR count). The van der Waals surface area contributed by atoms with Crippen molar-refractivity contribution in [1.29, 1.82) is 0 Å². The van der Waals surface area contributed by atoms with Crippen LogP contribution in [0.3, 0.4) is 0 Å². The molecule has 114 valence electrons. The molecule has 0 fully saturated rings. The average molecular weight is 298 g/mol. The van der Waals surface area contributed by atoms with Gasteiger partial charge in [-0.2, -0.15) is 0 Å². The molecule has 0 radical (unpaired) electrons. The molecular formula is C15H26N2O2S. The zero-order valence-electron chi connectivity index (χ0n) is 12.7. The Hall–Kier alpha value is -0.910. The third kappa shape index (κ3) is 6.03. The fourth-order valence-corrected chi connectivity index (χ4v) is 2.92. The smallest absolute Gasteiger partial charge is 0.345 e. The summed E-state index contributed by atoms with van der Waals surface area (Å²) in [5.41, 5.74) is 0. The van der Waals surface area contributed by atoms with Crippen LogP contribution < -0.4 is 5.32 Å². The first-order chi connectivity index (χ1) is 9.56. The van der Waals surface area contributed by atoms with E-state index in [2.05, 4.69) is 31.0 Å². The van der Waals surface area contributed by atoms with E-state index in [0.29, 0.717) is 10.9 Å². The Labute approximate surface area is 125 Å². The molecule has 0 saturated heterocycles. The molecule has 0 amide bonds. The van der Waals surface area contributed by atoms with E-state index < -0.39 is 5.97 Å². The lowest BCUT2D eigenvalue weighted by molar-refractivity contribution is 0.0702. The van der Waals surface area contributed by atoms with Crippen molar-refractivity contribution < 1.29 is 9.90 Å². The second kappa shape index (κ2) is 9.10. The van der Waals surface area contributed by atoms with Gasteiger partial charge in [-0.3, -0.25) is 0 Å². The van der Waals surface area contributed by atoms with Crippen LogP contribution in [0.4, 0.5) is 0 Å². The zero-order chi connectivity index (χ0) is 15.0. The number of nitrogens with zero attached hydrogens (tertiary/aromatic N) is 1. The van der Waals surface area contributed by atoms with Gasteiger partial charge in [-0.05, 0) is 51.5 Å². The molecule has 5 heteroatoms. The van der Waals surface area contributed by atoms with Gasteiger partial charge in [0.05, 0.1) is 0 Å². The first-order valence-corrected chi connectivity index (χ1v) is 8.16. The Morgan fingerprint density at radius 3 is 2.65 bits per heavy atom. The lowest BCUT2D eigenvalue weighted by Crippen LogP contribution is -2.28. The monoisotopic (exact) mass is 298 g/mol. The maximum absolute atomic E-state index is 10.8. The maximum Gasteiger partial charge on any atom is 0.345 e. The third-order valence-electron chi connectivity index (χ3n) is 3.50. The third-order valence-corrected chi connectivity index (χ3v) is 4.58. The van der Waals surface area contributed by atoms with Gasteiger partial charge in [-0.15, -0.1) is 11.3 Å². The number of carboxylic acid groups (broad SMARTS) is 1. The second-order valence-corrected chi connectivity index (χ2v) is 6.19. The average Bonchev–Trinajstić information content (AvgIpc) is 2.90. The van der Waals surface area contributed by atoms with E-state index in [1.165, 1.54) is 17.8 Å². The van der Waals surface area contributed by atoms with Gasteiger partial charge in [0.25, 0.3) is 0 Å². The number of carboxylic acids is 1. The van der Waals surface area contributed by atoms with Gasteiger partial charge in [0, 0.05) is 17.5 Å². The van der Waals surface area contributed by atoms with E-state index in [4.69, 9.17) is 5.11 Å². The van der Waals surface area contributed by atoms with Gasteiger partial charge < -0.3 is 15.3 Å². The number of nitrogens with one attached hydrogen (secondary N) is 1. The predicted octanol–water partition coefficient (Wildman–Crippen LogP) is 3.05. The molecule has 0 spiro atoms. The molecule has 4 nitrogen and oxygen atoms in total. The van der Waals surface area contributed by atoms with Crippen molar-refractivity contribution in [3.63, 3.8) is 0 Å². The SMILES string of the molecule is CCN(CC)CCCC(C)NCc1ccc(C(=O)O)s1. The Morgan fingerprint density at radius 2 is 2.10 bits per heavy atom. The largest absolute Gasteiger partial charge is 0.477 e. The van der Waals surface area contributed by atoms with Crippen molar-refractivity contribution in [2.75, 3.05) is 19.6 Å². The molecule has 1 aromatic rings. The highest BCUT2D eigenvalue weighted by atomic mass is 32.1. The summed E-state index contributed by atoms with van der Waals surface area (Å²) >= 11 is 1.35. The molecule has 1 aromatic heterocycles. The van der Waals surface area contributed by atoms with Gasteiger partial charge in [0.1, 0.15) is 4.88 Å². The summed E-state index contributed by atoms with van der Waals surface area (Å²) in [5, 5.41) is 12.3. The molecule has 0 aliphatic carbocycles. The second-order valence-electron chi connectivity index (χ2n) is 5.02. The molecule has 0 bridgehead atoms. The first-order valence-electron chi connectivity index (χ1n) is 7.34. The van der Waals surface area contributed by atoms with Gasteiger partial charge in [0.2, 0.25) is 0 Å². The van der Waals surface area contributed by atoms with Crippen LogP contribution in [0.15, 0.2) is 12.1 Å². The number of carbonyl (C=O) groups is 1. The molecule has 1 atom stereocenters. The number of hydrogen-bond acceptors (Lipinski definition) is 4. The minimum absolute atomic E-state index is 0.413. The highest BCUT2D eigenvalue weighted by Gasteiger charge is 2.08. The Morgan fingerprint density at radius 1 is 1.40 bits per heavy atom. The van der Waals surface area contributed by atoms with Crippen molar-refractivity contribution in [2.24, 2.45) is 0 Å². The molecule has 0 saturated carbocycles. The van der Waals surface area contributed by atoms with Crippen molar-refractivity contribution in [1.82, 2.24) is 10.2 Å². The van der Waals surface area contributed by atoms with E-state index in [-0.39, 0.29) is 0 Å². The molecule has 20 heavy (non-hydrogen) atoms. The van der Waals surface area contributed by atoms with Gasteiger partial charge in [-0.25, -0.2) is 4.79 Å². The van der Waals surface area contributed by atoms with Gasteiger partial charge in [0.15, 0.2) is 0 Å². The Balaban J connectivity index is 2.22. The lowest BCUT2D eigenvalue weighted by Gasteiger charge is -2.19. The first kappa shape index (κ1) is 17.1. The molecule has 1 heterocycles. The Bertz CT molecular complexity index is 402. The number of rotatable bonds is 10. The van der Waals surface area contributed by atoms with E-state index in [1.54, 1.807) is 6.07 Å². The molecule has 0 aliphatic heterocycles. The van der Waals surface area contributed by atoms with Gasteiger partial charge in [-0.1, -0.05) is 13.8 Å². The van der Waals surface area contributed by atoms with Crippen LogP contribution in [-0.4, -0.2) is 41.7 Å². The minimum atomic E-state index is -0.839.